The Balaban J connectivity index is 1.78. The first kappa shape index (κ1) is 20.4. The van der Waals surface area contributed by atoms with Gasteiger partial charge in [0, 0.05) is 30.3 Å². The van der Waals surface area contributed by atoms with E-state index < -0.39 is 33.6 Å². The van der Waals surface area contributed by atoms with Crippen molar-refractivity contribution in [1.29, 1.82) is 0 Å². The number of hydrogen-bond donors (Lipinski definition) is 1. The van der Waals surface area contributed by atoms with Crippen molar-refractivity contribution in [3.8, 4) is 0 Å². The Morgan fingerprint density at radius 1 is 1.14 bits per heavy atom. The summed E-state index contributed by atoms with van der Waals surface area (Å²) in [6.07, 6.45) is 0. The number of nitrogens with zero attached hydrogens (tertiary/aromatic N) is 1. The lowest BCUT2D eigenvalue weighted by Gasteiger charge is -2.26. The first-order valence-electron chi connectivity index (χ1n) is 8.73. The summed E-state index contributed by atoms with van der Waals surface area (Å²) in [6, 6.07) is 8.04. The Morgan fingerprint density at radius 2 is 1.86 bits per heavy atom. The van der Waals surface area contributed by atoms with Crippen LogP contribution < -0.4 is 5.32 Å². The molecule has 0 spiro atoms. The van der Waals surface area contributed by atoms with E-state index in [9.17, 15) is 22.0 Å². The molecule has 1 amide bonds. The van der Waals surface area contributed by atoms with Crippen LogP contribution in [0.1, 0.15) is 28.9 Å². The zero-order valence-electron chi connectivity index (χ0n) is 15.2. The van der Waals surface area contributed by atoms with Crippen LogP contribution in [0.5, 0.6) is 0 Å². The number of carbonyl (C=O) groups excluding carboxylic acids is 1. The van der Waals surface area contributed by atoms with E-state index in [2.05, 4.69) is 5.32 Å². The minimum Gasteiger partial charge on any atom is -0.379 e. The molecule has 6 nitrogen and oxygen atoms in total. The number of sulfonamides is 1. The van der Waals surface area contributed by atoms with Gasteiger partial charge in [-0.2, -0.15) is 4.31 Å². The normalized spacial score (nSPS) is 16.5. The summed E-state index contributed by atoms with van der Waals surface area (Å²) in [6.45, 7) is 2.70. The van der Waals surface area contributed by atoms with Gasteiger partial charge in [0.15, 0.2) is 0 Å². The van der Waals surface area contributed by atoms with Crippen molar-refractivity contribution < 1.29 is 26.7 Å². The minimum atomic E-state index is -3.74. The van der Waals surface area contributed by atoms with Gasteiger partial charge in [0.05, 0.1) is 24.2 Å². The van der Waals surface area contributed by atoms with Crippen LogP contribution >= 0.6 is 0 Å². The van der Waals surface area contributed by atoms with Crippen LogP contribution in [0.4, 0.5) is 8.78 Å². The summed E-state index contributed by atoms with van der Waals surface area (Å²) in [5.41, 5.74) is 0.260. The van der Waals surface area contributed by atoms with Gasteiger partial charge < -0.3 is 10.1 Å². The van der Waals surface area contributed by atoms with Crippen molar-refractivity contribution in [1.82, 2.24) is 9.62 Å². The van der Waals surface area contributed by atoms with E-state index in [1.165, 1.54) is 34.6 Å². The molecule has 2 aromatic carbocycles. The van der Waals surface area contributed by atoms with Gasteiger partial charge in [-0.1, -0.05) is 12.1 Å². The van der Waals surface area contributed by atoms with Crippen molar-refractivity contribution in [2.75, 3.05) is 26.3 Å². The molecule has 1 fully saturated rings. The number of carbonyl (C=O) groups is 1. The first-order chi connectivity index (χ1) is 13.3. The number of nitrogens with one attached hydrogen (secondary N) is 1. The van der Waals surface area contributed by atoms with Crippen molar-refractivity contribution in [3.05, 3.63) is 65.2 Å². The molecule has 28 heavy (non-hydrogen) atoms. The van der Waals surface area contributed by atoms with Crippen molar-refractivity contribution in [2.45, 2.75) is 17.9 Å². The van der Waals surface area contributed by atoms with Crippen LogP contribution in [0.15, 0.2) is 47.4 Å². The summed E-state index contributed by atoms with van der Waals surface area (Å²) in [4.78, 5) is 12.5. The average Bonchev–Trinajstić information content (AvgIpc) is 2.68. The fourth-order valence-corrected chi connectivity index (χ4v) is 4.40. The number of amides is 1. The van der Waals surface area contributed by atoms with E-state index in [0.29, 0.717) is 13.2 Å². The summed E-state index contributed by atoms with van der Waals surface area (Å²) in [5.74, 6) is -2.03. The van der Waals surface area contributed by atoms with Gasteiger partial charge in [-0.3, -0.25) is 4.79 Å². The van der Waals surface area contributed by atoms with Crippen molar-refractivity contribution >= 4 is 15.9 Å². The van der Waals surface area contributed by atoms with Gasteiger partial charge >= 0.3 is 0 Å². The highest BCUT2D eigenvalue weighted by atomic mass is 32.2. The Labute approximate surface area is 162 Å². The minimum absolute atomic E-state index is 0.00247. The molecular formula is C19H20F2N2O4S. The third kappa shape index (κ3) is 4.37. The number of hydrogen-bond acceptors (Lipinski definition) is 4. The lowest BCUT2D eigenvalue weighted by atomic mass is 10.1. The lowest BCUT2D eigenvalue weighted by Crippen LogP contribution is -2.40. The van der Waals surface area contributed by atoms with Gasteiger partial charge in [0.2, 0.25) is 10.0 Å². The van der Waals surface area contributed by atoms with E-state index in [1.54, 1.807) is 6.92 Å². The van der Waals surface area contributed by atoms with Crippen molar-refractivity contribution in [3.63, 3.8) is 0 Å². The van der Waals surface area contributed by atoms with Gasteiger partial charge in [-0.15, -0.1) is 0 Å². The van der Waals surface area contributed by atoms with Crippen LogP contribution in [-0.2, 0) is 14.8 Å². The Kier molecular flexibility index (Phi) is 6.07. The number of halogens is 2. The van der Waals surface area contributed by atoms with Gasteiger partial charge in [-0.25, -0.2) is 17.2 Å². The monoisotopic (exact) mass is 410 g/mol. The highest BCUT2D eigenvalue weighted by Gasteiger charge is 2.27. The van der Waals surface area contributed by atoms with Crippen LogP contribution in [-0.4, -0.2) is 44.9 Å². The molecule has 0 aromatic heterocycles. The van der Waals surface area contributed by atoms with E-state index in [1.807, 2.05) is 0 Å². The van der Waals surface area contributed by atoms with Crippen LogP contribution in [0.2, 0.25) is 0 Å². The number of rotatable bonds is 5. The maximum atomic E-state index is 13.9. The molecule has 0 radical (unpaired) electrons. The van der Waals surface area contributed by atoms with E-state index >= 15 is 0 Å². The molecule has 1 aliphatic heterocycles. The Morgan fingerprint density at radius 3 is 2.54 bits per heavy atom. The predicted molar refractivity (Wildman–Crippen MR) is 98.3 cm³/mol. The summed E-state index contributed by atoms with van der Waals surface area (Å²) >= 11 is 0. The third-order valence-electron chi connectivity index (χ3n) is 4.48. The predicted octanol–water partition coefficient (Wildman–Crippen LogP) is 2.48. The molecule has 3 rings (SSSR count). The van der Waals surface area contributed by atoms with Crippen molar-refractivity contribution in [2.24, 2.45) is 0 Å². The largest absolute Gasteiger partial charge is 0.379 e. The molecule has 1 atom stereocenters. The Hall–Kier alpha value is -2.36. The van der Waals surface area contributed by atoms with Crippen LogP contribution in [0.25, 0.3) is 0 Å². The van der Waals surface area contributed by atoms with Crippen LogP contribution in [0, 0.1) is 11.6 Å². The Bertz CT molecular complexity index is 976. The zero-order valence-corrected chi connectivity index (χ0v) is 16.0. The molecule has 1 saturated heterocycles. The molecule has 9 heteroatoms. The molecule has 150 valence electrons. The second kappa shape index (κ2) is 8.34. The molecule has 0 aliphatic carbocycles. The lowest BCUT2D eigenvalue weighted by molar-refractivity contribution is 0.0730. The van der Waals surface area contributed by atoms with Gasteiger partial charge in [-0.05, 0) is 31.2 Å². The SMILES string of the molecule is C[C@@H](NC(=O)c1cccc(S(=O)(=O)N2CCOCC2)c1)c1ccc(F)cc1F. The number of morpholine rings is 1. The standard InChI is InChI=1S/C19H20F2N2O4S/c1-13(17-6-5-15(20)12-18(17)21)22-19(24)14-3-2-4-16(11-14)28(25,26)23-7-9-27-10-8-23/h2-6,11-13H,7-10H2,1H3,(H,22,24)/t13-/m1/s1. The molecule has 1 N–H and O–H groups in total. The fourth-order valence-electron chi connectivity index (χ4n) is 2.94. The molecule has 1 heterocycles. The third-order valence-corrected chi connectivity index (χ3v) is 6.38. The molecule has 0 unspecified atom stereocenters. The fraction of sp³-hybridized carbons (Fsp3) is 0.316. The maximum absolute atomic E-state index is 13.9. The van der Waals surface area contributed by atoms with E-state index in [0.717, 1.165) is 12.1 Å². The quantitative estimate of drug-likeness (QED) is 0.822. The van der Waals surface area contributed by atoms with E-state index in [4.69, 9.17) is 4.74 Å². The molecule has 2 aromatic rings. The summed E-state index contributed by atoms with van der Waals surface area (Å²) in [7, 11) is -3.74. The first-order valence-corrected chi connectivity index (χ1v) is 10.2. The highest BCUT2D eigenvalue weighted by Crippen LogP contribution is 2.21. The molecule has 0 bridgehead atoms. The number of benzene rings is 2. The average molecular weight is 410 g/mol. The second-order valence-corrected chi connectivity index (χ2v) is 8.34. The second-order valence-electron chi connectivity index (χ2n) is 6.41. The molecular weight excluding hydrogens is 390 g/mol. The summed E-state index contributed by atoms with van der Waals surface area (Å²) < 4.78 is 58.9. The number of ether oxygens (including phenoxy) is 1. The smallest absolute Gasteiger partial charge is 0.251 e. The van der Waals surface area contributed by atoms with Crippen LogP contribution in [0.3, 0.4) is 0 Å². The van der Waals surface area contributed by atoms with Gasteiger partial charge in [0.1, 0.15) is 11.6 Å². The van der Waals surface area contributed by atoms with Gasteiger partial charge in [0.25, 0.3) is 5.91 Å². The zero-order chi connectivity index (χ0) is 20.3. The highest BCUT2D eigenvalue weighted by molar-refractivity contribution is 7.89. The molecule has 0 saturated carbocycles. The maximum Gasteiger partial charge on any atom is 0.251 e. The summed E-state index contributed by atoms with van der Waals surface area (Å²) in [5, 5.41) is 2.60. The van der Waals surface area contributed by atoms with E-state index in [-0.39, 0.29) is 29.1 Å². The molecule has 1 aliphatic rings. The topological polar surface area (TPSA) is 75.7 Å².